The van der Waals surface area contributed by atoms with Crippen molar-refractivity contribution in [3.8, 4) is 11.5 Å². The first-order valence-electron chi connectivity index (χ1n) is 9.23. The number of hydrogen-bond donors (Lipinski definition) is 0. The van der Waals surface area contributed by atoms with E-state index in [0.717, 1.165) is 30.6 Å². The normalized spacial score (nSPS) is 20.0. The van der Waals surface area contributed by atoms with Gasteiger partial charge in [0.1, 0.15) is 5.78 Å². The number of rotatable bonds is 5. The lowest BCUT2D eigenvalue weighted by Gasteiger charge is -2.29. The highest BCUT2D eigenvalue weighted by Gasteiger charge is 2.33. The second-order valence-corrected chi connectivity index (χ2v) is 7.03. The summed E-state index contributed by atoms with van der Waals surface area (Å²) in [7, 11) is 0. The van der Waals surface area contributed by atoms with Crippen molar-refractivity contribution in [2.75, 3.05) is 6.79 Å². The molecule has 4 rings (SSSR count). The third-order valence-corrected chi connectivity index (χ3v) is 5.41. The van der Waals surface area contributed by atoms with Crippen molar-refractivity contribution in [2.45, 2.75) is 38.0 Å². The van der Waals surface area contributed by atoms with E-state index in [9.17, 15) is 9.59 Å². The molecule has 0 saturated heterocycles. The van der Waals surface area contributed by atoms with Gasteiger partial charge in [-0.15, -0.1) is 0 Å². The zero-order chi connectivity index (χ0) is 17.9. The van der Waals surface area contributed by atoms with E-state index in [1.54, 1.807) is 0 Å². The van der Waals surface area contributed by atoms with Gasteiger partial charge in [0, 0.05) is 30.2 Å². The first-order valence-corrected chi connectivity index (χ1v) is 9.23. The number of carbonyl (C=O) groups excluding carboxylic acids is 2. The van der Waals surface area contributed by atoms with Gasteiger partial charge in [-0.1, -0.05) is 42.8 Å². The lowest BCUT2D eigenvalue weighted by atomic mass is 9.73. The van der Waals surface area contributed by atoms with Crippen molar-refractivity contribution in [3.63, 3.8) is 0 Å². The summed E-state index contributed by atoms with van der Waals surface area (Å²) in [6.07, 6.45) is 3.79. The maximum atomic E-state index is 12.8. The Bertz CT molecular complexity index is 812. The second kappa shape index (κ2) is 7.32. The maximum Gasteiger partial charge on any atom is 0.231 e. The number of benzene rings is 2. The fourth-order valence-electron chi connectivity index (χ4n) is 4.01. The van der Waals surface area contributed by atoms with Crippen LogP contribution in [0.2, 0.25) is 0 Å². The van der Waals surface area contributed by atoms with Gasteiger partial charge >= 0.3 is 0 Å². The van der Waals surface area contributed by atoms with E-state index in [1.165, 1.54) is 0 Å². The zero-order valence-electron chi connectivity index (χ0n) is 14.6. The minimum absolute atomic E-state index is 0.0756. The fraction of sp³-hybridized carbons (Fsp3) is 0.364. The molecule has 2 atom stereocenters. The molecule has 4 heteroatoms. The highest BCUT2D eigenvalue weighted by molar-refractivity contribution is 5.97. The Balaban J connectivity index is 1.65. The molecule has 0 radical (unpaired) electrons. The van der Waals surface area contributed by atoms with Crippen molar-refractivity contribution in [2.24, 2.45) is 5.92 Å². The predicted octanol–water partition coefficient (Wildman–Crippen LogP) is 4.53. The topological polar surface area (TPSA) is 52.6 Å². The molecule has 2 aliphatic rings. The smallest absolute Gasteiger partial charge is 0.231 e. The molecule has 0 aromatic heterocycles. The summed E-state index contributed by atoms with van der Waals surface area (Å²) in [4.78, 5) is 25.4. The predicted molar refractivity (Wildman–Crippen MR) is 97.7 cm³/mol. The van der Waals surface area contributed by atoms with Crippen LogP contribution in [0.3, 0.4) is 0 Å². The molecule has 0 unspecified atom stereocenters. The van der Waals surface area contributed by atoms with Crippen LogP contribution < -0.4 is 9.47 Å². The molecule has 4 nitrogen and oxygen atoms in total. The fourth-order valence-corrected chi connectivity index (χ4v) is 4.01. The minimum Gasteiger partial charge on any atom is -0.454 e. The van der Waals surface area contributed by atoms with E-state index >= 15 is 0 Å². The zero-order valence-corrected chi connectivity index (χ0v) is 14.6. The third kappa shape index (κ3) is 3.36. The quantitative estimate of drug-likeness (QED) is 0.744. The molecule has 1 fully saturated rings. The molecular formula is C22H22O4. The van der Waals surface area contributed by atoms with Crippen molar-refractivity contribution in [1.82, 2.24) is 0 Å². The Kier molecular flexibility index (Phi) is 4.74. The molecule has 1 aliphatic heterocycles. The van der Waals surface area contributed by atoms with E-state index in [0.29, 0.717) is 24.2 Å². The molecule has 1 aliphatic carbocycles. The number of ether oxygens (including phenoxy) is 2. The van der Waals surface area contributed by atoms with Gasteiger partial charge in [0.25, 0.3) is 0 Å². The van der Waals surface area contributed by atoms with Crippen LogP contribution in [0.15, 0.2) is 48.5 Å². The number of ketones is 2. The van der Waals surface area contributed by atoms with Crippen LogP contribution in [0.5, 0.6) is 11.5 Å². The Hall–Kier alpha value is -2.62. The molecule has 2 aromatic carbocycles. The summed E-state index contributed by atoms with van der Waals surface area (Å²) in [5.74, 6) is 1.55. The number of Topliss-reactive ketones (excluding diaryl/α,β-unsaturated/α-hetero) is 2. The number of hydrogen-bond acceptors (Lipinski definition) is 4. The van der Waals surface area contributed by atoms with Crippen molar-refractivity contribution < 1.29 is 19.1 Å². The van der Waals surface area contributed by atoms with Crippen molar-refractivity contribution in [1.29, 1.82) is 0 Å². The Morgan fingerprint density at radius 2 is 1.85 bits per heavy atom. The lowest BCUT2D eigenvalue weighted by Crippen LogP contribution is -2.27. The molecular weight excluding hydrogens is 328 g/mol. The summed E-state index contributed by atoms with van der Waals surface area (Å²) < 4.78 is 10.9. The SMILES string of the molecule is O=C(C[C@H](c1ccc2c(c1)OCO2)[C@H]1CCCCC1=O)c1ccccc1. The van der Waals surface area contributed by atoms with Crippen LogP contribution in [0.4, 0.5) is 0 Å². The number of carbonyl (C=O) groups is 2. The molecule has 134 valence electrons. The lowest BCUT2D eigenvalue weighted by molar-refractivity contribution is -0.125. The molecule has 1 heterocycles. The van der Waals surface area contributed by atoms with E-state index in [4.69, 9.17) is 9.47 Å². The largest absolute Gasteiger partial charge is 0.454 e. The minimum atomic E-state index is -0.120. The van der Waals surface area contributed by atoms with E-state index in [1.807, 2.05) is 48.5 Å². The Morgan fingerprint density at radius 1 is 1.04 bits per heavy atom. The molecule has 2 aromatic rings. The molecule has 0 spiro atoms. The van der Waals surface area contributed by atoms with Gasteiger partial charge in [-0.25, -0.2) is 0 Å². The average molecular weight is 350 g/mol. The molecule has 1 saturated carbocycles. The first kappa shape index (κ1) is 16.8. The van der Waals surface area contributed by atoms with Gasteiger partial charge in [0.15, 0.2) is 17.3 Å². The van der Waals surface area contributed by atoms with Gasteiger partial charge in [-0.2, -0.15) is 0 Å². The van der Waals surface area contributed by atoms with Gasteiger partial charge in [0.2, 0.25) is 6.79 Å². The summed E-state index contributed by atoms with van der Waals surface area (Å²) in [5.41, 5.74) is 1.68. The van der Waals surface area contributed by atoms with E-state index < -0.39 is 0 Å². The van der Waals surface area contributed by atoms with Gasteiger partial charge in [0.05, 0.1) is 0 Å². The van der Waals surface area contributed by atoms with Crippen molar-refractivity contribution >= 4 is 11.6 Å². The third-order valence-electron chi connectivity index (χ3n) is 5.41. The summed E-state index contributed by atoms with van der Waals surface area (Å²) >= 11 is 0. The van der Waals surface area contributed by atoms with Crippen LogP contribution >= 0.6 is 0 Å². The van der Waals surface area contributed by atoms with Crippen LogP contribution in [0.1, 0.15) is 53.9 Å². The summed E-state index contributed by atoms with van der Waals surface area (Å²) in [5, 5.41) is 0. The monoisotopic (exact) mass is 350 g/mol. The number of fused-ring (bicyclic) bond motifs is 1. The Morgan fingerprint density at radius 3 is 2.65 bits per heavy atom. The van der Waals surface area contributed by atoms with E-state index in [-0.39, 0.29) is 30.2 Å². The van der Waals surface area contributed by atoms with Crippen LogP contribution in [-0.4, -0.2) is 18.4 Å². The molecule has 0 bridgehead atoms. The molecule has 26 heavy (non-hydrogen) atoms. The first-order chi connectivity index (χ1) is 12.7. The molecule has 0 amide bonds. The van der Waals surface area contributed by atoms with Gasteiger partial charge < -0.3 is 9.47 Å². The molecule has 0 N–H and O–H groups in total. The highest BCUT2D eigenvalue weighted by Crippen LogP contribution is 2.41. The van der Waals surface area contributed by atoms with Crippen LogP contribution in [0, 0.1) is 5.92 Å². The van der Waals surface area contributed by atoms with Crippen molar-refractivity contribution in [3.05, 3.63) is 59.7 Å². The average Bonchev–Trinajstić information content (AvgIpc) is 3.15. The maximum absolute atomic E-state index is 12.8. The van der Waals surface area contributed by atoms with Crippen LogP contribution in [0.25, 0.3) is 0 Å². The summed E-state index contributed by atoms with van der Waals surface area (Å²) in [6, 6.07) is 15.1. The second-order valence-electron chi connectivity index (χ2n) is 7.03. The van der Waals surface area contributed by atoms with E-state index in [2.05, 4.69) is 0 Å². The van der Waals surface area contributed by atoms with Gasteiger partial charge in [-0.3, -0.25) is 9.59 Å². The Labute approximate surface area is 153 Å². The highest BCUT2D eigenvalue weighted by atomic mass is 16.7. The summed E-state index contributed by atoms with van der Waals surface area (Å²) in [6.45, 7) is 0.217. The van der Waals surface area contributed by atoms with Gasteiger partial charge in [-0.05, 0) is 30.5 Å². The standard InChI is InChI=1S/C22H22O4/c23-19-9-5-4-8-17(19)18(13-20(24)15-6-2-1-3-7-15)16-10-11-21-22(12-16)26-14-25-21/h1-3,6-7,10-12,17-18H,4-5,8-9,13-14H2/t17-,18-/m1/s1. The van der Waals surface area contributed by atoms with Crippen LogP contribution in [-0.2, 0) is 4.79 Å².